The van der Waals surface area contributed by atoms with Gasteiger partial charge in [-0.05, 0) is 31.2 Å². The SMILES string of the molecule is CCOC(=O)Nc1cccc(OC(=O)N(CCOC)c2ccccc2)c1. The van der Waals surface area contributed by atoms with Crippen molar-refractivity contribution in [2.24, 2.45) is 0 Å². The van der Waals surface area contributed by atoms with E-state index in [1.165, 1.54) is 4.90 Å². The fourth-order valence-electron chi connectivity index (χ4n) is 2.19. The van der Waals surface area contributed by atoms with Crippen LogP contribution in [-0.2, 0) is 9.47 Å². The number of rotatable bonds is 7. The summed E-state index contributed by atoms with van der Waals surface area (Å²) in [5, 5.41) is 2.57. The van der Waals surface area contributed by atoms with Gasteiger partial charge in [-0.2, -0.15) is 0 Å². The minimum absolute atomic E-state index is 0.270. The molecule has 0 bridgehead atoms. The Labute approximate surface area is 152 Å². The molecule has 0 saturated heterocycles. The highest BCUT2D eigenvalue weighted by molar-refractivity contribution is 5.89. The molecule has 2 aromatic carbocycles. The summed E-state index contributed by atoms with van der Waals surface area (Å²) >= 11 is 0. The zero-order chi connectivity index (χ0) is 18.8. The van der Waals surface area contributed by atoms with Gasteiger partial charge in [0, 0.05) is 24.6 Å². The lowest BCUT2D eigenvalue weighted by molar-refractivity contribution is 0.168. The van der Waals surface area contributed by atoms with Crippen molar-refractivity contribution in [1.82, 2.24) is 0 Å². The molecule has 2 rings (SSSR count). The molecule has 2 amide bonds. The van der Waals surface area contributed by atoms with Crippen molar-refractivity contribution in [2.75, 3.05) is 37.1 Å². The van der Waals surface area contributed by atoms with Crippen LogP contribution >= 0.6 is 0 Å². The van der Waals surface area contributed by atoms with Crippen LogP contribution in [0.3, 0.4) is 0 Å². The number of para-hydroxylation sites is 1. The summed E-state index contributed by atoms with van der Waals surface area (Å²) in [6.45, 7) is 2.70. The second-order valence-electron chi connectivity index (χ2n) is 5.22. The Hall–Kier alpha value is -3.06. The van der Waals surface area contributed by atoms with Gasteiger partial charge in [-0.3, -0.25) is 10.2 Å². The highest BCUT2D eigenvalue weighted by atomic mass is 16.6. The standard InChI is InChI=1S/C19H22N2O5/c1-3-25-18(22)20-15-8-7-11-17(14-15)26-19(23)21(12-13-24-2)16-9-5-4-6-10-16/h4-11,14H,3,12-13H2,1-2H3,(H,20,22). The highest BCUT2D eigenvalue weighted by Gasteiger charge is 2.18. The van der Waals surface area contributed by atoms with Crippen molar-refractivity contribution in [3.05, 3.63) is 54.6 Å². The number of methoxy groups -OCH3 is 1. The number of nitrogens with zero attached hydrogens (tertiary/aromatic N) is 1. The lowest BCUT2D eigenvalue weighted by Crippen LogP contribution is -2.36. The lowest BCUT2D eigenvalue weighted by Gasteiger charge is -2.21. The van der Waals surface area contributed by atoms with Crippen LogP contribution in [0.1, 0.15) is 6.92 Å². The number of hydrogen-bond acceptors (Lipinski definition) is 5. The molecule has 0 saturated carbocycles. The Balaban J connectivity index is 2.09. The average Bonchev–Trinajstić information content (AvgIpc) is 2.63. The molecule has 0 heterocycles. The summed E-state index contributed by atoms with van der Waals surface area (Å²) in [5.41, 5.74) is 1.17. The van der Waals surface area contributed by atoms with Gasteiger partial charge in [-0.15, -0.1) is 0 Å². The van der Waals surface area contributed by atoms with E-state index >= 15 is 0 Å². The van der Waals surface area contributed by atoms with E-state index in [1.54, 1.807) is 38.3 Å². The summed E-state index contributed by atoms with van der Waals surface area (Å²) in [6, 6.07) is 15.7. The maximum atomic E-state index is 12.6. The molecule has 0 aromatic heterocycles. The molecule has 0 aliphatic carbocycles. The van der Waals surface area contributed by atoms with Gasteiger partial charge >= 0.3 is 12.2 Å². The number of anilines is 2. The maximum absolute atomic E-state index is 12.6. The van der Waals surface area contributed by atoms with Crippen LogP contribution in [0.2, 0.25) is 0 Å². The first-order valence-corrected chi connectivity index (χ1v) is 8.21. The maximum Gasteiger partial charge on any atom is 0.419 e. The fraction of sp³-hybridized carbons (Fsp3) is 0.263. The lowest BCUT2D eigenvalue weighted by atomic mass is 10.3. The van der Waals surface area contributed by atoms with Crippen molar-refractivity contribution in [1.29, 1.82) is 0 Å². The average molecular weight is 358 g/mol. The molecule has 1 N–H and O–H groups in total. The Morgan fingerprint density at radius 2 is 1.85 bits per heavy atom. The second-order valence-corrected chi connectivity index (χ2v) is 5.22. The Bertz CT molecular complexity index is 721. The van der Waals surface area contributed by atoms with E-state index in [9.17, 15) is 9.59 Å². The largest absolute Gasteiger partial charge is 0.450 e. The van der Waals surface area contributed by atoms with Crippen LogP contribution in [0.25, 0.3) is 0 Å². The Morgan fingerprint density at radius 3 is 2.54 bits per heavy atom. The molecule has 0 fully saturated rings. The van der Waals surface area contributed by atoms with Gasteiger partial charge in [0.1, 0.15) is 5.75 Å². The first kappa shape index (κ1) is 19.3. The molecule has 0 aliphatic heterocycles. The predicted molar refractivity (Wildman–Crippen MR) is 98.8 cm³/mol. The normalized spacial score (nSPS) is 10.1. The van der Waals surface area contributed by atoms with Gasteiger partial charge in [0.2, 0.25) is 0 Å². The monoisotopic (exact) mass is 358 g/mol. The van der Waals surface area contributed by atoms with Gasteiger partial charge in [-0.1, -0.05) is 24.3 Å². The number of nitrogens with one attached hydrogen (secondary N) is 1. The molecule has 26 heavy (non-hydrogen) atoms. The van der Waals surface area contributed by atoms with Gasteiger partial charge in [0.05, 0.1) is 19.8 Å². The summed E-state index contributed by atoms with van der Waals surface area (Å²) in [6.07, 6.45) is -1.11. The van der Waals surface area contributed by atoms with E-state index in [-0.39, 0.29) is 6.61 Å². The third-order valence-electron chi connectivity index (χ3n) is 3.37. The van der Waals surface area contributed by atoms with Crippen LogP contribution in [0, 0.1) is 0 Å². The summed E-state index contributed by atoms with van der Waals surface area (Å²) in [4.78, 5) is 25.6. The quantitative estimate of drug-likeness (QED) is 0.812. The van der Waals surface area contributed by atoms with E-state index in [4.69, 9.17) is 14.2 Å². The van der Waals surface area contributed by atoms with Crippen LogP contribution < -0.4 is 15.0 Å². The zero-order valence-corrected chi connectivity index (χ0v) is 14.8. The van der Waals surface area contributed by atoms with E-state index in [0.717, 1.165) is 0 Å². The third kappa shape index (κ3) is 5.78. The van der Waals surface area contributed by atoms with Crippen molar-refractivity contribution in [2.45, 2.75) is 6.92 Å². The smallest absolute Gasteiger partial charge is 0.419 e. The molecule has 7 heteroatoms. The fourth-order valence-corrected chi connectivity index (χ4v) is 2.19. The molecule has 7 nitrogen and oxygen atoms in total. The van der Waals surface area contributed by atoms with Gasteiger partial charge in [0.15, 0.2) is 0 Å². The molecule has 0 atom stereocenters. The van der Waals surface area contributed by atoms with E-state index in [2.05, 4.69) is 5.32 Å². The van der Waals surface area contributed by atoms with Gasteiger partial charge < -0.3 is 14.2 Å². The van der Waals surface area contributed by atoms with Crippen LogP contribution in [0.15, 0.2) is 54.6 Å². The molecule has 2 aromatic rings. The highest BCUT2D eigenvalue weighted by Crippen LogP contribution is 2.20. The van der Waals surface area contributed by atoms with Crippen molar-refractivity contribution in [3.63, 3.8) is 0 Å². The third-order valence-corrected chi connectivity index (χ3v) is 3.37. The number of benzene rings is 2. The second kappa shape index (κ2) is 10.0. The molecule has 0 radical (unpaired) electrons. The molecule has 138 valence electrons. The molecular weight excluding hydrogens is 336 g/mol. The first-order chi connectivity index (χ1) is 12.6. The van der Waals surface area contributed by atoms with Crippen molar-refractivity contribution >= 4 is 23.6 Å². The van der Waals surface area contributed by atoms with Crippen molar-refractivity contribution in [3.8, 4) is 5.75 Å². The molecule has 0 unspecified atom stereocenters. The van der Waals surface area contributed by atoms with E-state index < -0.39 is 12.2 Å². The zero-order valence-electron chi connectivity index (χ0n) is 14.8. The minimum atomic E-state index is -0.568. The first-order valence-electron chi connectivity index (χ1n) is 8.21. The number of carbonyl (C=O) groups is 2. The van der Waals surface area contributed by atoms with Crippen LogP contribution in [0.4, 0.5) is 21.0 Å². The summed E-state index contributed by atoms with van der Waals surface area (Å²) in [5.74, 6) is 0.308. The molecule has 0 spiro atoms. The van der Waals surface area contributed by atoms with E-state index in [0.29, 0.717) is 30.3 Å². The number of carbonyl (C=O) groups excluding carboxylic acids is 2. The predicted octanol–water partition coefficient (Wildman–Crippen LogP) is 3.91. The number of hydrogen-bond donors (Lipinski definition) is 1. The topological polar surface area (TPSA) is 77.1 Å². The van der Waals surface area contributed by atoms with E-state index in [1.807, 2.05) is 30.3 Å². The van der Waals surface area contributed by atoms with Crippen LogP contribution in [-0.4, -0.2) is 39.1 Å². The van der Waals surface area contributed by atoms with Gasteiger partial charge in [0.25, 0.3) is 0 Å². The number of amides is 2. The Kier molecular flexibility index (Phi) is 7.45. The minimum Gasteiger partial charge on any atom is -0.450 e. The van der Waals surface area contributed by atoms with Gasteiger partial charge in [-0.25, -0.2) is 9.59 Å². The molecular formula is C19H22N2O5. The number of ether oxygens (including phenoxy) is 3. The van der Waals surface area contributed by atoms with Crippen molar-refractivity contribution < 1.29 is 23.8 Å². The summed E-state index contributed by atoms with van der Waals surface area (Å²) < 4.78 is 15.3. The Morgan fingerprint density at radius 1 is 1.08 bits per heavy atom. The summed E-state index contributed by atoms with van der Waals surface area (Å²) in [7, 11) is 1.57. The molecule has 0 aliphatic rings. The van der Waals surface area contributed by atoms with Crippen LogP contribution in [0.5, 0.6) is 5.75 Å².